The molecular formula is C18H14N4O2. The fraction of sp³-hybridized carbons (Fsp3) is 0.111. The van der Waals surface area contributed by atoms with Crippen molar-refractivity contribution in [2.45, 2.75) is 0 Å². The smallest absolute Gasteiger partial charge is 0.138 e. The van der Waals surface area contributed by atoms with Crippen molar-refractivity contribution < 1.29 is 9.68 Å². The molecule has 4 rings (SSSR count). The van der Waals surface area contributed by atoms with E-state index >= 15 is 0 Å². The largest absolute Gasteiger partial charge is 0.399 e. The first kappa shape index (κ1) is 14.3. The number of rotatable bonds is 2. The van der Waals surface area contributed by atoms with Gasteiger partial charge in [0, 0.05) is 11.1 Å². The monoisotopic (exact) mass is 318 g/mol. The minimum atomic E-state index is 0.630. The Morgan fingerprint density at radius 3 is 1.50 bits per heavy atom. The van der Waals surface area contributed by atoms with E-state index in [0.717, 1.165) is 22.2 Å². The normalized spacial score (nSPS) is 16.1. The average molecular weight is 318 g/mol. The summed E-state index contributed by atoms with van der Waals surface area (Å²) in [6, 6.07) is 15.5. The molecule has 0 spiro atoms. The van der Waals surface area contributed by atoms with Crippen LogP contribution in [0.1, 0.15) is 22.5 Å². The Hall–Kier alpha value is -3.28. The van der Waals surface area contributed by atoms with Gasteiger partial charge in [-0.15, -0.1) is 0 Å². The number of fused-ring (bicyclic) bond motifs is 3. The molecule has 0 fully saturated rings. The summed E-state index contributed by atoms with van der Waals surface area (Å²) < 4.78 is 0. The first-order valence-electron chi connectivity index (χ1n) is 7.43. The van der Waals surface area contributed by atoms with Crippen LogP contribution in [0.4, 0.5) is 0 Å². The molecule has 1 aliphatic carbocycles. The summed E-state index contributed by atoms with van der Waals surface area (Å²) in [5.41, 5.74) is 5.87. The van der Waals surface area contributed by atoms with Gasteiger partial charge in [0.25, 0.3) is 0 Å². The van der Waals surface area contributed by atoms with Gasteiger partial charge in [0.1, 0.15) is 37.0 Å². The Morgan fingerprint density at radius 1 is 0.667 bits per heavy atom. The Morgan fingerprint density at radius 2 is 1.08 bits per heavy atom. The summed E-state index contributed by atoms with van der Waals surface area (Å²) in [5.74, 6) is 0. The third kappa shape index (κ3) is 2.11. The van der Waals surface area contributed by atoms with Gasteiger partial charge in [0.15, 0.2) is 0 Å². The van der Waals surface area contributed by atoms with Crippen LogP contribution in [-0.4, -0.2) is 35.6 Å². The molecule has 1 aromatic heterocycles. The highest BCUT2D eigenvalue weighted by Crippen LogP contribution is 2.28. The molecule has 6 heteroatoms. The van der Waals surface area contributed by atoms with Gasteiger partial charge >= 0.3 is 0 Å². The predicted molar refractivity (Wildman–Crippen MR) is 91.3 cm³/mol. The van der Waals surface area contributed by atoms with E-state index in [9.17, 15) is 0 Å². The molecule has 0 saturated carbocycles. The quantitative estimate of drug-likeness (QED) is 0.533. The maximum Gasteiger partial charge on any atom is 0.138 e. The summed E-state index contributed by atoms with van der Waals surface area (Å²) in [7, 11) is 3.03. The molecule has 0 bridgehead atoms. The van der Waals surface area contributed by atoms with E-state index in [1.54, 1.807) is 0 Å². The van der Waals surface area contributed by atoms with Crippen LogP contribution in [0.15, 0.2) is 58.8 Å². The van der Waals surface area contributed by atoms with E-state index in [1.807, 2.05) is 48.5 Å². The van der Waals surface area contributed by atoms with E-state index in [2.05, 4.69) is 10.3 Å². The summed E-state index contributed by atoms with van der Waals surface area (Å²) in [6.45, 7) is 0. The number of oxime groups is 2. The second-order valence-corrected chi connectivity index (χ2v) is 5.20. The Balaban J connectivity index is 2.10. The van der Waals surface area contributed by atoms with Crippen LogP contribution in [-0.2, 0) is 9.68 Å². The lowest BCUT2D eigenvalue weighted by atomic mass is 9.88. The van der Waals surface area contributed by atoms with E-state index in [0.29, 0.717) is 22.8 Å². The number of benzene rings is 2. The van der Waals surface area contributed by atoms with E-state index in [1.165, 1.54) is 14.2 Å². The summed E-state index contributed by atoms with van der Waals surface area (Å²) >= 11 is 0. The zero-order valence-corrected chi connectivity index (χ0v) is 13.2. The SMILES string of the molecule is CO/N=C1\c2ccccc2/C(=N\OC)c2nc3ccccc3nc21. The van der Waals surface area contributed by atoms with Crippen LogP contribution in [0.5, 0.6) is 0 Å². The van der Waals surface area contributed by atoms with Crippen LogP contribution in [0.2, 0.25) is 0 Å². The number of para-hydroxylation sites is 2. The molecule has 0 aliphatic heterocycles. The first-order valence-corrected chi connectivity index (χ1v) is 7.43. The zero-order chi connectivity index (χ0) is 16.5. The highest BCUT2D eigenvalue weighted by molar-refractivity contribution is 6.30. The van der Waals surface area contributed by atoms with Crippen molar-refractivity contribution in [3.05, 3.63) is 71.0 Å². The lowest BCUT2D eigenvalue weighted by Crippen LogP contribution is -2.25. The minimum Gasteiger partial charge on any atom is -0.399 e. The molecule has 3 aromatic rings. The summed E-state index contributed by atoms with van der Waals surface area (Å²) in [4.78, 5) is 19.6. The van der Waals surface area contributed by atoms with Crippen molar-refractivity contribution >= 4 is 22.5 Å². The molecule has 0 atom stereocenters. The molecule has 0 unspecified atom stereocenters. The molecule has 1 heterocycles. The van der Waals surface area contributed by atoms with Crippen LogP contribution < -0.4 is 0 Å². The van der Waals surface area contributed by atoms with Gasteiger partial charge in [0.2, 0.25) is 0 Å². The number of aromatic nitrogens is 2. The van der Waals surface area contributed by atoms with Gasteiger partial charge in [-0.2, -0.15) is 0 Å². The van der Waals surface area contributed by atoms with Gasteiger partial charge in [-0.1, -0.05) is 46.7 Å². The molecule has 6 nitrogen and oxygen atoms in total. The van der Waals surface area contributed by atoms with Gasteiger partial charge in [0.05, 0.1) is 11.0 Å². The summed E-state index contributed by atoms with van der Waals surface area (Å²) in [6.07, 6.45) is 0. The first-order chi connectivity index (χ1) is 11.8. The molecule has 0 saturated heterocycles. The van der Waals surface area contributed by atoms with E-state index < -0.39 is 0 Å². The predicted octanol–water partition coefficient (Wildman–Crippen LogP) is 2.74. The Labute approximate surface area is 138 Å². The van der Waals surface area contributed by atoms with Crippen molar-refractivity contribution in [1.82, 2.24) is 9.97 Å². The Kier molecular flexibility index (Phi) is 3.42. The highest BCUT2D eigenvalue weighted by Gasteiger charge is 2.30. The number of hydrogen-bond donors (Lipinski definition) is 0. The molecule has 2 aromatic carbocycles. The number of nitrogens with zero attached hydrogens (tertiary/aromatic N) is 4. The van der Waals surface area contributed by atoms with Gasteiger partial charge in [-0.25, -0.2) is 9.97 Å². The van der Waals surface area contributed by atoms with Crippen LogP contribution >= 0.6 is 0 Å². The third-order valence-electron chi connectivity index (χ3n) is 3.82. The van der Waals surface area contributed by atoms with Crippen LogP contribution in [0.25, 0.3) is 11.0 Å². The van der Waals surface area contributed by atoms with Crippen molar-refractivity contribution in [2.24, 2.45) is 10.3 Å². The standard InChI is InChI=1S/C18H14N4O2/c1-23-21-15-11-7-3-4-8-12(11)16(22-24-2)18-17(15)19-13-9-5-6-10-14(13)20-18/h3-10H,1-2H3/b21-15+,22-16+. The fourth-order valence-corrected chi connectivity index (χ4v) is 2.85. The zero-order valence-electron chi connectivity index (χ0n) is 13.2. The van der Waals surface area contributed by atoms with Gasteiger partial charge in [-0.05, 0) is 12.1 Å². The van der Waals surface area contributed by atoms with Crippen LogP contribution in [0.3, 0.4) is 0 Å². The molecule has 0 radical (unpaired) electrons. The number of hydrogen-bond acceptors (Lipinski definition) is 6. The average Bonchev–Trinajstić information content (AvgIpc) is 2.63. The van der Waals surface area contributed by atoms with E-state index in [-0.39, 0.29) is 0 Å². The topological polar surface area (TPSA) is 69.0 Å². The second-order valence-electron chi connectivity index (χ2n) is 5.20. The summed E-state index contributed by atoms with van der Waals surface area (Å²) in [5, 5.41) is 8.37. The molecule has 0 amide bonds. The molecule has 118 valence electrons. The highest BCUT2D eigenvalue weighted by atomic mass is 16.6. The van der Waals surface area contributed by atoms with Gasteiger partial charge in [-0.3, -0.25) is 0 Å². The maximum absolute atomic E-state index is 5.05. The molecule has 0 N–H and O–H groups in total. The third-order valence-corrected chi connectivity index (χ3v) is 3.82. The second kappa shape index (κ2) is 5.73. The molecular weight excluding hydrogens is 304 g/mol. The lowest BCUT2D eigenvalue weighted by Gasteiger charge is -2.20. The molecule has 1 aliphatic rings. The maximum atomic E-state index is 5.05. The van der Waals surface area contributed by atoms with Crippen molar-refractivity contribution in [2.75, 3.05) is 14.2 Å². The van der Waals surface area contributed by atoms with Crippen molar-refractivity contribution in [1.29, 1.82) is 0 Å². The lowest BCUT2D eigenvalue weighted by molar-refractivity contribution is 0.213. The minimum absolute atomic E-state index is 0.630. The van der Waals surface area contributed by atoms with Crippen molar-refractivity contribution in [3.63, 3.8) is 0 Å². The molecule has 24 heavy (non-hydrogen) atoms. The van der Waals surface area contributed by atoms with Crippen molar-refractivity contribution in [3.8, 4) is 0 Å². The fourth-order valence-electron chi connectivity index (χ4n) is 2.85. The van der Waals surface area contributed by atoms with Gasteiger partial charge < -0.3 is 9.68 Å². The Bertz CT molecular complexity index is 916. The van der Waals surface area contributed by atoms with Crippen LogP contribution in [0, 0.1) is 0 Å². The van der Waals surface area contributed by atoms with E-state index in [4.69, 9.17) is 19.6 Å².